The van der Waals surface area contributed by atoms with Gasteiger partial charge in [-0.3, -0.25) is 10.3 Å². The lowest BCUT2D eigenvalue weighted by molar-refractivity contribution is 0.174. The lowest BCUT2D eigenvalue weighted by Gasteiger charge is -2.07. The average molecular weight is 272 g/mol. The van der Waals surface area contributed by atoms with Crippen molar-refractivity contribution in [2.75, 3.05) is 12.1 Å². The summed E-state index contributed by atoms with van der Waals surface area (Å²) in [6.45, 7) is 0.613. The molecule has 0 unspecified atom stereocenters. The maximum Gasteiger partial charge on any atom is 0.320 e. The van der Waals surface area contributed by atoms with Crippen molar-refractivity contribution in [3.63, 3.8) is 0 Å². The standard InChI is InChI=1S/C13H12N4O3/c18-13(17-12-7-14-3-4-15-12)16-6-9-1-2-10-11(5-9)20-8-19-10/h1-5,7H,6,8H2,(H2,15,16,17,18). The monoisotopic (exact) mass is 272 g/mol. The normalized spacial score (nSPS) is 12.0. The van der Waals surface area contributed by atoms with Gasteiger partial charge in [0.1, 0.15) is 0 Å². The van der Waals surface area contributed by atoms with Crippen LogP contribution in [0.2, 0.25) is 0 Å². The van der Waals surface area contributed by atoms with Crippen LogP contribution >= 0.6 is 0 Å². The van der Waals surface area contributed by atoms with Gasteiger partial charge in [0.2, 0.25) is 6.79 Å². The second kappa shape index (κ2) is 5.43. The zero-order valence-corrected chi connectivity index (χ0v) is 10.5. The average Bonchev–Trinajstić information content (AvgIpc) is 2.93. The first-order valence-electron chi connectivity index (χ1n) is 6.01. The van der Waals surface area contributed by atoms with E-state index in [-0.39, 0.29) is 12.8 Å². The van der Waals surface area contributed by atoms with Gasteiger partial charge in [0.05, 0.1) is 6.20 Å². The number of amides is 2. The van der Waals surface area contributed by atoms with Crippen LogP contribution in [0.5, 0.6) is 11.5 Å². The molecule has 1 aliphatic heterocycles. The predicted octanol–water partition coefficient (Wildman–Crippen LogP) is 1.53. The van der Waals surface area contributed by atoms with Gasteiger partial charge in [-0.15, -0.1) is 0 Å². The Balaban J connectivity index is 1.55. The minimum Gasteiger partial charge on any atom is -0.454 e. The third kappa shape index (κ3) is 2.77. The number of nitrogens with one attached hydrogen (secondary N) is 2. The second-order valence-electron chi connectivity index (χ2n) is 4.09. The van der Waals surface area contributed by atoms with Crippen LogP contribution in [0.15, 0.2) is 36.8 Å². The van der Waals surface area contributed by atoms with Crippen molar-refractivity contribution < 1.29 is 14.3 Å². The minimum absolute atomic E-state index is 0.235. The fourth-order valence-corrected chi connectivity index (χ4v) is 1.76. The molecule has 0 saturated heterocycles. The molecule has 3 rings (SSSR count). The number of carbonyl (C=O) groups is 1. The predicted molar refractivity (Wildman–Crippen MR) is 70.5 cm³/mol. The third-order valence-corrected chi connectivity index (χ3v) is 2.69. The van der Waals surface area contributed by atoms with E-state index in [4.69, 9.17) is 9.47 Å². The number of hydrogen-bond donors (Lipinski definition) is 2. The second-order valence-corrected chi connectivity index (χ2v) is 4.09. The van der Waals surface area contributed by atoms with E-state index in [1.807, 2.05) is 18.2 Å². The van der Waals surface area contributed by atoms with Gasteiger partial charge in [0.15, 0.2) is 17.3 Å². The van der Waals surface area contributed by atoms with Crippen molar-refractivity contribution in [2.24, 2.45) is 0 Å². The van der Waals surface area contributed by atoms with Crippen LogP contribution in [0.25, 0.3) is 0 Å². The number of fused-ring (bicyclic) bond motifs is 1. The van der Waals surface area contributed by atoms with E-state index in [0.29, 0.717) is 18.1 Å². The zero-order valence-electron chi connectivity index (χ0n) is 10.5. The Morgan fingerprint density at radius 2 is 2.15 bits per heavy atom. The van der Waals surface area contributed by atoms with Crippen molar-refractivity contribution in [1.29, 1.82) is 0 Å². The fraction of sp³-hybridized carbons (Fsp3) is 0.154. The molecular formula is C13H12N4O3. The Hall–Kier alpha value is -2.83. The van der Waals surface area contributed by atoms with Crippen LogP contribution in [0.4, 0.5) is 10.6 Å². The van der Waals surface area contributed by atoms with Crippen LogP contribution < -0.4 is 20.1 Å². The number of urea groups is 1. The molecule has 2 amide bonds. The van der Waals surface area contributed by atoms with Gasteiger partial charge in [-0.05, 0) is 17.7 Å². The fourth-order valence-electron chi connectivity index (χ4n) is 1.76. The highest BCUT2D eigenvalue weighted by atomic mass is 16.7. The summed E-state index contributed by atoms with van der Waals surface area (Å²) in [6, 6.07) is 5.18. The molecule has 7 heteroatoms. The van der Waals surface area contributed by atoms with Crippen LogP contribution in [0.1, 0.15) is 5.56 Å². The Morgan fingerprint density at radius 3 is 3.00 bits per heavy atom. The summed E-state index contributed by atoms with van der Waals surface area (Å²) in [7, 11) is 0. The summed E-state index contributed by atoms with van der Waals surface area (Å²) in [5.74, 6) is 1.81. The van der Waals surface area contributed by atoms with Crippen molar-refractivity contribution in [1.82, 2.24) is 15.3 Å². The molecule has 0 radical (unpaired) electrons. The van der Waals surface area contributed by atoms with Crippen LogP contribution in [0, 0.1) is 0 Å². The number of carbonyl (C=O) groups excluding carboxylic acids is 1. The van der Waals surface area contributed by atoms with E-state index in [1.165, 1.54) is 18.6 Å². The Labute approximate surface area is 115 Å². The Morgan fingerprint density at radius 1 is 1.25 bits per heavy atom. The highest BCUT2D eigenvalue weighted by Gasteiger charge is 2.13. The summed E-state index contributed by atoms with van der Waals surface area (Å²) in [4.78, 5) is 19.5. The van der Waals surface area contributed by atoms with Gasteiger partial charge in [0.25, 0.3) is 0 Å². The molecular weight excluding hydrogens is 260 g/mol. The van der Waals surface area contributed by atoms with Crippen LogP contribution in [0.3, 0.4) is 0 Å². The van der Waals surface area contributed by atoms with E-state index >= 15 is 0 Å². The van der Waals surface area contributed by atoms with Crippen LogP contribution in [-0.4, -0.2) is 22.8 Å². The summed E-state index contributed by atoms with van der Waals surface area (Å²) in [5.41, 5.74) is 0.920. The van der Waals surface area contributed by atoms with Gasteiger partial charge in [-0.2, -0.15) is 0 Å². The highest BCUT2D eigenvalue weighted by molar-refractivity contribution is 5.87. The molecule has 0 fully saturated rings. The number of hydrogen-bond acceptors (Lipinski definition) is 5. The van der Waals surface area contributed by atoms with Crippen molar-refractivity contribution in [3.05, 3.63) is 42.4 Å². The molecule has 0 aliphatic carbocycles. The van der Waals surface area contributed by atoms with Gasteiger partial charge in [0, 0.05) is 18.9 Å². The molecule has 0 spiro atoms. The van der Waals surface area contributed by atoms with E-state index in [2.05, 4.69) is 20.6 Å². The summed E-state index contributed by atoms with van der Waals surface area (Å²) >= 11 is 0. The van der Waals surface area contributed by atoms with Gasteiger partial charge in [-0.25, -0.2) is 9.78 Å². The molecule has 2 N–H and O–H groups in total. The SMILES string of the molecule is O=C(NCc1ccc2c(c1)OCO2)Nc1cnccn1. The number of benzene rings is 1. The summed E-state index contributed by atoms with van der Waals surface area (Å²) < 4.78 is 10.5. The van der Waals surface area contributed by atoms with Gasteiger partial charge in [-0.1, -0.05) is 6.07 Å². The Bertz CT molecular complexity index is 618. The molecule has 0 bridgehead atoms. The van der Waals surface area contributed by atoms with Crippen molar-refractivity contribution >= 4 is 11.8 Å². The molecule has 0 saturated carbocycles. The first-order valence-corrected chi connectivity index (χ1v) is 6.01. The summed E-state index contributed by atoms with van der Waals surface area (Å²) in [6.07, 6.45) is 4.52. The maximum absolute atomic E-state index is 11.7. The highest BCUT2D eigenvalue weighted by Crippen LogP contribution is 2.32. The molecule has 1 aromatic heterocycles. The van der Waals surface area contributed by atoms with E-state index in [1.54, 1.807) is 0 Å². The third-order valence-electron chi connectivity index (χ3n) is 2.69. The van der Waals surface area contributed by atoms with Gasteiger partial charge < -0.3 is 14.8 Å². The lowest BCUT2D eigenvalue weighted by atomic mass is 10.2. The molecule has 2 aromatic rings. The molecule has 1 aliphatic rings. The molecule has 2 heterocycles. The molecule has 0 atom stereocenters. The molecule has 1 aromatic carbocycles. The van der Waals surface area contributed by atoms with E-state index in [9.17, 15) is 4.79 Å². The number of aromatic nitrogens is 2. The topological polar surface area (TPSA) is 85.4 Å². The zero-order chi connectivity index (χ0) is 13.8. The first kappa shape index (κ1) is 12.2. The number of rotatable bonds is 3. The Kier molecular flexibility index (Phi) is 3.32. The molecule has 7 nitrogen and oxygen atoms in total. The number of anilines is 1. The first-order chi connectivity index (χ1) is 9.81. The quantitative estimate of drug-likeness (QED) is 0.885. The molecule has 20 heavy (non-hydrogen) atoms. The largest absolute Gasteiger partial charge is 0.454 e. The van der Waals surface area contributed by atoms with Gasteiger partial charge >= 0.3 is 6.03 Å². The van der Waals surface area contributed by atoms with Crippen LogP contribution in [-0.2, 0) is 6.54 Å². The number of ether oxygens (including phenoxy) is 2. The maximum atomic E-state index is 11.7. The van der Waals surface area contributed by atoms with E-state index < -0.39 is 0 Å². The lowest BCUT2D eigenvalue weighted by Crippen LogP contribution is -2.28. The van der Waals surface area contributed by atoms with Crippen molar-refractivity contribution in [3.8, 4) is 11.5 Å². The van der Waals surface area contributed by atoms with E-state index in [0.717, 1.165) is 11.3 Å². The number of nitrogens with zero attached hydrogens (tertiary/aromatic N) is 2. The minimum atomic E-state index is -0.344. The molecule has 102 valence electrons. The smallest absolute Gasteiger partial charge is 0.320 e. The van der Waals surface area contributed by atoms with Crippen molar-refractivity contribution in [2.45, 2.75) is 6.54 Å². The summed E-state index contributed by atoms with van der Waals surface area (Å²) in [5, 5.41) is 5.31.